The van der Waals surface area contributed by atoms with Crippen molar-refractivity contribution in [2.24, 2.45) is 0 Å². The van der Waals surface area contributed by atoms with Crippen LogP contribution in [0.25, 0.3) is 0 Å². The zero-order valence-electron chi connectivity index (χ0n) is 8.08. The summed E-state index contributed by atoms with van der Waals surface area (Å²) in [6.07, 6.45) is 6.89. The largest absolute Gasteiger partial charge is 0.440 e. The van der Waals surface area contributed by atoms with Crippen molar-refractivity contribution >= 4 is 6.09 Å². The molecule has 2 aliphatic heterocycles. The first-order valence-corrected chi connectivity index (χ1v) is 4.88. The fourth-order valence-corrected chi connectivity index (χ4v) is 2.09. The van der Waals surface area contributed by atoms with E-state index in [4.69, 9.17) is 11.2 Å². The molecule has 14 heavy (non-hydrogen) atoms. The molecule has 4 nitrogen and oxygen atoms in total. The van der Waals surface area contributed by atoms with E-state index in [1.807, 2.05) is 0 Å². The molecule has 0 aromatic carbocycles. The SMILES string of the molecule is C#CCN1CC2(CCCNC2)OC1=O. The van der Waals surface area contributed by atoms with Gasteiger partial charge in [0.2, 0.25) is 0 Å². The fourth-order valence-electron chi connectivity index (χ4n) is 2.09. The third-order valence-corrected chi connectivity index (χ3v) is 2.76. The van der Waals surface area contributed by atoms with E-state index in [1.54, 1.807) is 4.90 Å². The number of amides is 1. The lowest BCUT2D eigenvalue weighted by Gasteiger charge is -2.31. The molecule has 1 N–H and O–H groups in total. The smallest absolute Gasteiger partial charge is 0.411 e. The highest BCUT2D eigenvalue weighted by molar-refractivity contribution is 5.71. The second-order valence-corrected chi connectivity index (χ2v) is 3.89. The van der Waals surface area contributed by atoms with E-state index in [2.05, 4.69) is 11.2 Å². The molecule has 0 saturated carbocycles. The van der Waals surface area contributed by atoms with Crippen LogP contribution in [0.3, 0.4) is 0 Å². The number of hydrogen-bond acceptors (Lipinski definition) is 3. The van der Waals surface area contributed by atoms with Crippen LogP contribution in [-0.2, 0) is 4.74 Å². The minimum atomic E-state index is -0.313. The first-order chi connectivity index (χ1) is 6.76. The van der Waals surface area contributed by atoms with Gasteiger partial charge in [-0.1, -0.05) is 5.92 Å². The number of hydrogen-bond donors (Lipinski definition) is 1. The Morgan fingerprint density at radius 1 is 1.71 bits per heavy atom. The van der Waals surface area contributed by atoms with Crippen LogP contribution < -0.4 is 5.32 Å². The van der Waals surface area contributed by atoms with E-state index in [0.717, 1.165) is 25.9 Å². The average molecular weight is 194 g/mol. The first kappa shape index (κ1) is 9.35. The molecule has 0 radical (unpaired) electrons. The number of carbonyl (C=O) groups is 1. The molecule has 76 valence electrons. The molecule has 4 heteroatoms. The maximum Gasteiger partial charge on any atom is 0.411 e. The van der Waals surface area contributed by atoms with Crippen LogP contribution in [0, 0.1) is 12.3 Å². The quantitative estimate of drug-likeness (QED) is 0.606. The monoisotopic (exact) mass is 194 g/mol. The van der Waals surface area contributed by atoms with Gasteiger partial charge >= 0.3 is 6.09 Å². The molecule has 1 spiro atoms. The molecule has 2 rings (SSSR count). The Balaban J connectivity index is 2.04. The molecule has 1 unspecified atom stereocenters. The predicted molar refractivity (Wildman–Crippen MR) is 51.7 cm³/mol. The van der Waals surface area contributed by atoms with Gasteiger partial charge in [0, 0.05) is 6.54 Å². The molecule has 0 aromatic heterocycles. The summed E-state index contributed by atoms with van der Waals surface area (Å²) in [5.74, 6) is 2.47. The second kappa shape index (κ2) is 3.50. The Hall–Kier alpha value is -1.21. The molecule has 0 aromatic rings. The van der Waals surface area contributed by atoms with Crippen molar-refractivity contribution in [3.8, 4) is 12.3 Å². The van der Waals surface area contributed by atoms with Gasteiger partial charge in [-0.2, -0.15) is 0 Å². The van der Waals surface area contributed by atoms with Gasteiger partial charge in [0.25, 0.3) is 0 Å². The summed E-state index contributed by atoms with van der Waals surface area (Å²) in [6, 6.07) is 0. The highest BCUT2D eigenvalue weighted by atomic mass is 16.6. The molecule has 2 aliphatic rings. The van der Waals surface area contributed by atoms with E-state index in [0.29, 0.717) is 13.1 Å². The summed E-state index contributed by atoms with van der Waals surface area (Å²) in [5, 5.41) is 3.25. The minimum Gasteiger partial charge on any atom is -0.440 e. The zero-order valence-corrected chi connectivity index (χ0v) is 8.08. The maximum absolute atomic E-state index is 11.4. The van der Waals surface area contributed by atoms with Gasteiger partial charge in [-0.05, 0) is 19.4 Å². The number of ether oxygens (including phenoxy) is 1. The molecule has 2 heterocycles. The number of carbonyl (C=O) groups excluding carboxylic acids is 1. The van der Waals surface area contributed by atoms with Crippen molar-refractivity contribution in [3.63, 3.8) is 0 Å². The Bertz CT molecular complexity index is 276. The number of nitrogens with zero attached hydrogens (tertiary/aromatic N) is 1. The van der Waals surface area contributed by atoms with E-state index >= 15 is 0 Å². The third kappa shape index (κ3) is 1.55. The molecular formula is C10H14N2O2. The molecule has 0 aliphatic carbocycles. The Labute approximate surface area is 83.6 Å². The Kier molecular flexibility index (Phi) is 2.34. The highest BCUT2D eigenvalue weighted by Crippen LogP contribution is 2.28. The van der Waals surface area contributed by atoms with E-state index in [9.17, 15) is 4.79 Å². The summed E-state index contributed by atoms with van der Waals surface area (Å²) in [4.78, 5) is 13.0. The van der Waals surface area contributed by atoms with Gasteiger partial charge in [-0.25, -0.2) is 4.79 Å². The van der Waals surface area contributed by atoms with Crippen LogP contribution >= 0.6 is 0 Å². The minimum absolute atomic E-state index is 0.272. The Morgan fingerprint density at radius 3 is 3.21 bits per heavy atom. The Morgan fingerprint density at radius 2 is 2.57 bits per heavy atom. The summed E-state index contributed by atoms with van der Waals surface area (Å²) < 4.78 is 5.38. The van der Waals surface area contributed by atoms with Gasteiger partial charge in [0.05, 0.1) is 13.1 Å². The van der Waals surface area contributed by atoms with Crippen molar-refractivity contribution in [3.05, 3.63) is 0 Å². The zero-order chi connectivity index (χ0) is 10.0. The van der Waals surface area contributed by atoms with E-state index in [1.165, 1.54) is 0 Å². The lowest BCUT2D eigenvalue weighted by Crippen LogP contribution is -2.48. The van der Waals surface area contributed by atoms with Crippen LogP contribution in [0.2, 0.25) is 0 Å². The fraction of sp³-hybridized carbons (Fsp3) is 0.700. The molecule has 1 amide bonds. The van der Waals surface area contributed by atoms with Crippen LogP contribution in [0.1, 0.15) is 12.8 Å². The summed E-state index contributed by atoms with van der Waals surface area (Å²) in [5.41, 5.74) is -0.313. The van der Waals surface area contributed by atoms with Crippen molar-refractivity contribution in [2.75, 3.05) is 26.2 Å². The summed E-state index contributed by atoms with van der Waals surface area (Å²) in [7, 11) is 0. The molecular weight excluding hydrogens is 180 g/mol. The van der Waals surface area contributed by atoms with E-state index in [-0.39, 0.29) is 11.7 Å². The highest BCUT2D eigenvalue weighted by Gasteiger charge is 2.45. The van der Waals surface area contributed by atoms with Crippen molar-refractivity contribution in [1.82, 2.24) is 10.2 Å². The lowest BCUT2D eigenvalue weighted by molar-refractivity contribution is 0.0366. The second-order valence-electron chi connectivity index (χ2n) is 3.89. The third-order valence-electron chi connectivity index (χ3n) is 2.76. The van der Waals surface area contributed by atoms with Crippen LogP contribution in [0.15, 0.2) is 0 Å². The molecule has 0 bridgehead atoms. The van der Waals surface area contributed by atoms with Crippen LogP contribution in [-0.4, -0.2) is 42.8 Å². The summed E-state index contributed by atoms with van der Waals surface area (Å²) >= 11 is 0. The normalized spacial score (nSPS) is 31.6. The van der Waals surface area contributed by atoms with Gasteiger partial charge < -0.3 is 10.1 Å². The molecule has 1 atom stereocenters. The van der Waals surface area contributed by atoms with Crippen molar-refractivity contribution in [1.29, 1.82) is 0 Å². The van der Waals surface area contributed by atoms with Crippen molar-refractivity contribution in [2.45, 2.75) is 18.4 Å². The average Bonchev–Trinajstić information content (AvgIpc) is 2.45. The van der Waals surface area contributed by atoms with Gasteiger partial charge in [-0.15, -0.1) is 6.42 Å². The maximum atomic E-state index is 11.4. The number of rotatable bonds is 1. The predicted octanol–water partition coefficient (Wildman–Crippen LogP) is 0.194. The van der Waals surface area contributed by atoms with Gasteiger partial charge in [0.1, 0.15) is 5.60 Å². The number of terminal acetylenes is 1. The van der Waals surface area contributed by atoms with Crippen LogP contribution in [0.5, 0.6) is 0 Å². The number of nitrogens with one attached hydrogen (secondary N) is 1. The first-order valence-electron chi connectivity index (χ1n) is 4.88. The lowest BCUT2D eigenvalue weighted by atomic mass is 9.94. The molecule has 2 fully saturated rings. The van der Waals surface area contributed by atoms with E-state index < -0.39 is 0 Å². The summed E-state index contributed by atoms with van der Waals surface area (Å²) in [6.45, 7) is 2.73. The molecule has 2 saturated heterocycles. The van der Waals surface area contributed by atoms with Crippen LogP contribution in [0.4, 0.5) is 4.79 Å². The number of piperidine rings is 1. The standard InChI is InChI=1S/C10H14N2O2/c1-2-6-12-8-10(14-9(12)13)4-3-5-11-7-10/h1,11H,3-8H2. The van der Waals surface area contributed by atoms with Gasteiger partial charge in [0.15, 0.2) is 0 Å². The topological polar surface area (TPSA) is 41.6 Å². The van der Waals surface area contributed by atoms with Crippen molar-refractivity contribution < 1.29 is 9.53 Å². The van der Waals surface area contributed by atoms with Gasteiger partial charge in [-0.3, -0.25) is 4.90 Å².